The number of aromatic nitrogens is 4. The number of methoxy groups -OCH3 is 1. The van der Waals surface area contributed by atoms with Crippen molar-refractivity contribution in [2.75, 3.05) is 30.4 Å². The topological polar surface area (TPSA) is 121 Å². The minimum Gasteiger partial charge on any atom is -0.467 e. The van der Waals surface area contributed by atoms with Gasteiger partial charge in [0, 0.05) is 66.8 Å². The highest BCUT2D eigenvalue weighted by atomic mass is 16.5. The molecule has 1 fully saturated rings. The number of anilines is 2. The first-order chi connectivity index (χ1) is 16.9. The first kappa shape index (κ1) is 22.6. The predicted molar refractivity (Wildman–Crippen MR) is 134 cm³/mol. The third-order valence-corrected chi connectivity index (χ3v) is 6.13. The van der Waals surface area contributed by atoms with Gasteiger partial charge in [0.15, 0.2) is 0 Å². The second-order valence-corrected chi connectivity index (χ2v) is 8.96. The monoisotopic (exact) mass is 470 g/mol. The lowest BCUT2D eigenvalue weighted by molar-refractivity contribution is 0.102. The van der Waals surface area contributed by atoms with E-state index in [1.807, 2.05) is 12.3 Å². The molecule has 0 saturated carbocycles. The molecule has 1 saturated heterocycles. The molecule has 35 heavy (non-hydrogen) atoms. The van der Waals surface area contributed by atoms with Gasteiger partial charge in [0.2, 0.25) is 0 Å². The Morgan fingerprint density at radius 3 is 2.71 bits per heavy atom. The maximum atomic E-state index is 13.4. The van der Waals surface area contributed by atoms with E-state index in [2.05, 4.69) is 50.5 Å². The summed E-state index contributed by atoms with van der Waals surface area (Å²) in [5, 5.41) is 21.9. The molecule has 178 valence electrons. The third-order valence-electron chi connectivity index (χ3n) is 6.13. The molecule has 5 rings (SSSR count). The number of piperazine rings is 1. The highest BCUT2D eigenvalue weighted by Gasteiger charge is 2.25. The number of hydrogen-bond acceptors (Lipinski definition) is 8. The Balaban J connectivity index is 1.55. The minimum absolute atomic E-state index is 0.189. The smallest absolute Gasteiger partial charge is 0.316 e. The van der Waals surface area contributed by atoms with E-state index in [4.69, 9.17) is 4.74 Å². The molecule has 2 aromatic carbocycles. The Morgan fingerprint density at radius 1 is 1.23 bits per heavy atom. The number of amides is 1. The Hall–Kier alpha value is -4.23. The highest BCUT2D eigenvalue weighted by molar-refractivity contribution is 6.14. The van der Waals surface area contributed by atoms with Gasteiger partial charge in [-0.1, -0.05) is 0 Å². The summed E-state index contributed by atoms with van der Waals surface area (Å²) < 4.78 is 6.90. The first-order valence-electron chi connectivity index (χ1n) is 11.4. The van der Waals surface area contributed by atoms with Crippen molar-refractivity contribution in [1.82, 2.24) is 25.1 Å². The average molecular weight is 471 g/mol. The van der Waals surface area contributed by atoms with Crippen molar-refractivity contribution >= 4 is 39.1 Å². The van der Waals surface area contributed by atoms with Crippen LogP contribution in [0, 0.1) is 11.3 Å². The van der Waals surface area contributed by atoms with Crippen LogP contribution in [0.25, 0.3) is 21.8 Å². The second kappa shape index (κ2) is 8.85. The molecule has 10 heteroatoms. The zero-order valence-electron chi connectivity index (χ0n) is 20.0. The van der Waals surface area contributed by atoms with E-state index >= 15 is 0 Å². The van der Waals surface area contributed by atoms with E-state index in [9.17, 15) is 10.1 Å². The standard InChI is InChI=1S/C25H26N8O2/c1-14-11-33(12-15(2)28-14)21-6-5-19(23-20(21)10-27-25(30-23)35-4)24(34)29-18-7-16(9-26)22-17(8-18)13-32(3)31-22/h5-8,10,13-15,28H,11-12H2,1-4H3,(H,29,34)/t14-,15+. The molecule has 2 N–H and O–H groups in total. The molecular formula is C25H26N8O2. The summed E-state index contributed by atoms with van der Waals surface area (Å²) in [5.41, 5.74) is 3.38. The van der Waals surface area contributed by atoms with Crippen LogP contribution in [0.3, 0.4) is 0 Å². The van der Waals surface area contributed by atoms with Crippen LogP contribution in [0.5, 0.6) is 6.01 Å². The molecule has 4 aromatic rings. The number of fused-ring (bicyclic) bond motifs is 2. The van der Waals surface area contributed by atoms with Crippen molar-refractivity contribution in [2.45, 2.75) is 25.9 Å². The molecule has 0 bridgehead atoms. The summed E-state index contributed by atoms with van der Waals surface area (Å²) in [4.78, 5) is 24.6. The lowest BCUT2D eigenvalue weighted by Gasteiger charge is -2.38. The number of nitriles is 1. The molecular weight excluding hydrogens is 444 g/mol. The van der Waals surface area contributed by atoms with E-state index < -0.39 is 0 Å². The van der Waals surface area contributed by atoms with E-state index in [0.717, 1.165) is 29.5 Å². The fourth-order valence-electron chi connectivity index (χ4n) is 4.78. The van der Waals surface area contributed by atoms with E-state index in [0.29, 0.717) is 39.9 Å². The van der Waals surface area contributed by atoms with E-state index in [-0.39, 0.29) is 11.9 Å². The maximum absolute atomic E-state index is 13.4. The predicted octanol–water partition coefficient (Wildman–Crippen LogP) is 2.84. The fraction of sp³-hybridized carbons (Fsp3) is 0.320. The maximum Gasteiger partial charge on any atom is 0.316 e. The number of benzene rings is 2. The molecule has 3 heterocycles. The van der Waals surface area contributed by atoms with Crippen LogP contribution >= 0.6 is 0 Å². The van der Waals surface area contributed by atoms with Crippen LogP contribution in [-0.2, 0) is 7.05 Å². The number of rotatable bonds is 4. The van der Waals surface area contributed by atoms with Crippen molar-refractivity contribution in [3.63, 3.8) is 0 Å². The Labute approximate surface area is 202 Å². The van der Waals surface area contributed by atoms with Crippen LogP contribution in [0.15, 0.2) is 36.7 Å². The molecule has 1 aliphatic heterocycles. The molecule has 0 radical (unpaired) electrons. The number of aryl methyl sites for hydroxylation is 1. The van der Waals surface area contributed by atoms with Gasteiger partial charge < -0.3 is 20.3 Å². The van der Waals surface area contributed by atoms with Gasteiger partial charge in [-0.3, -0.25) is 9.48 Å². The van der Waals surface area contributed by atoms with E-state index in [1.165, 1.54) is 7.11 Å². The van der Waals surface area contributed by atoms with Gasteiger partial charge in [-0.05, 0) is 38.1 Å². The lowest BCUT2D eigenvalue weighted by Crippen LogP contribution is -2.54. The summed E-state index contributed by atoms with van der Waals surface area (Å²) in [6, 6.07) is 10.2. The van der Waals surface area contributed by atoms with Crippen molar-refractivity contribution in [2.24, 2.45) is 7.05 Å². The number of nitrogens with zero attached hydrogens (tertiary/aromatic N) is 6. The van der Waals surface area contributed by atoms with Crippen LogP contribution in [0.1, 0.15) is 29.8 Å². The SMILES string of the molecule is COc1ncc2c(N3C[C@@H](C)N[C@@H](C)C3)ccc(C(=O)Nc3cc(C#N)c4nn(C)cc4c3)c2n1. The largest absolute Gasteiger partial charge is 0.467 e. The van der Waals surface area contributed by atoms with E-state index in [1.54, 1.807) is 36.1 Å². The Morgan fingerprint density at radius 2 is 2.00 bits per heavy atom. The van der Waals surface area contributed by atoms with Gasteiger partial charge in [0.25, 0.3) is 5.91 Å². The van der Waals surface area contributed by atoms with Crippen LogP contribution < -0.4 is 20.3 Å². The quantitative estimate of drug-likeness (QED) is 0.467. The molecule has 2 atom stereocenters. The fourth-order valence-corrected chi connectivity index (χ4v) is 4.78. The lowest BCUT2D eigenvalue weighted by atomic mass is 10.0. The second-order valence-electron chi connectivity index (χ2n) is 8.96. The molecule has 0 aliphatic carbocycles. The molecule has 0 spiro atoms. The summed E-state index contributed by atoms with van der Waals surface area (Å²) in [6.07, 6.45) is 3.52. The van der Waals surface area contributed by atoms with Crippen molar-refractivity contribution in [3.05, 3.63) is 47.8 Å². The third kappa shape index (κ3) is 4.22. The average Bonchev–Trinajstić information content (AvgIpc) is 3.21. The van der Waals surface area contributed by atoms with Gasteiger partial charge in [0.05, 0.1) is 23.8 Å². The zero-order valence-corrected chi connectivity index (χ0v) is 20.0. The van der Waals surface area contributed by atoms with Crippen molar-refractivity contribution < 1.29 is 9.53 Å². The van der Waals surface area contributed by atoms with Gasteiger partial charge in [0.1, 0.15) is 11.6 Å². The van der Waals surface area contributed by atoms with Crippen molar-refractivity contribution in [1.29, 1.82) is 5.26 Å². The number of carbonyl (C=O) groups excluding carboxylic acids is 1. The van der Waals surface area contributed by atoms with Gasteiger partial charge in [-0.15, -0.1) is 0 Å². The normalized spacial score (nSPS) is 18.0. The molecule has 1 amide bonds. The summed E-state index contributed by atoms with van der Waals surface area (Å²) in [6.45, 7) is 5.97. The number of carbonyl (C=O) groups is 1. The summed E-state index contributed by atoms with van der Waals surface area (Å²) >= 11 is 0. The number of ether oxygens (including phenoxy) is 1. The van der Waals surface area contributed by atoms with Crippen LogP contribution in [0.4, 0.5) is 11.4 Å². The molecule has 10 nitrogen and oxygen atoms in total. The Bertz CT molecular complexity index is 1480. The highest BCUT2D eigenvalue weighted by Crippen LogP contribution is 2.31. The molecule has 2 aromatic heterocycles. The van der Waals surface area contributed by atoms with Crippen LogP contribution in [-0.4, -0.2) is 57.9 Å². The van der Waals surface area contributed by atoms with Crippen LogP contribution in [0.2, 0.25) is 0 Å². The van der Waals surface area contributed by atoms with Gasteiger partial charge in [-0.25, -0.2) is 4.98 Å². The number of nitrogens with one attached hydrogen (secondary N) is 2. The number of hydrogen-bond donors (Lipinski definition) is 2. The van der Waals surface area contributed by atoms with Crippen molar-refractivity contribution in [3.8, 4) is 12.1 Å². The molecule has 1 aliphatic rings. The van der Waals surface area contributed by atoms with Gasteiger partial charge >= 0.3 is 6.01 Å². The molecule has 0 unspecified atom stereocenters. The van der Waals surface area contributed by atoms with Gasteiger partial charge in [-0.2, -0.15) is 15.3 Å². The minimum atomic E-state index is -0.337. The first-order valence-corrected chi connectivity index (χ1v) is 11.4. The summed E-state index contributed by atoms with van der Waals surface area (Å²) in [5.74, 6) is -0.337. The zero-order chi connectivity index (χ0) is 24.7. The Kier molecular flexibility index (Phi) is 5.70. The summed E-state index contributed by atoms with van der Waals surface area (Å²) in [7, 11) is 3.29.